The summed E-state index contributed by atoms with van der Waals surface area (Å²) in [4.78, 5) is 32.8. The number of carbonyl (C=O) groups is 3. The Kier molecular flexibility index (Phi) is 4.44. The van der Waals surface area contributed by atoms with Crippen molar-refractivity contribution in [3.05, 3.63) is 25.3 Å². The van der Waals surface area contributed by atoms with Gasteiger partial charge in [0.25, 0.3) is 5.78 Å². The molecule has 0 bridgehead atoms. The fraction of sp³-hybridized carbons (Fsp3) is 0.300. The quantitative estimate of drug-likeness (QED) is 0.371. The number of hydrogen-bond acceptors (Lipinski definition) is 3. The summed E-state index contributed by atoms with van der Waals surface area (Å²) in [6.07, 6.45) is 1.94. The Bertz CT molecular complexity index is 306. The minimum Gasteiger partial charge on any atom is -0.480 e. The van der Waals surface area contributed by atoms with Gasteiger partial charge in [0, 0.05) is 0 Å². The van der Waals surface area contributed by atoms with Gasteiger partial charge in [-0.15, -0.1) is 13.2 Å². The van der Waals surface area contributed by atoms with Gasteiger partial charge in [0.15, 0.2) is 0 Å². The van der Waals surface area contributed by atoms with Crippen LogP contribution in [0.2, 0.25) is 0 Å². The number of carboxylic acid groups (broad SMARTS) is 2. The highest BCUT2D eigenvalue weighted by Gasteiger charge is 2.47. The summed E-state index contributed by atoms with van der Waals surface area (Å²) in [6, 6.07) is 0. The second-order valence-corrected chi connectivity index (χ2v) is 3.01. The van der Waals surface area contributed by atoms with Gasteiger partial charge in [-0.2, -0.15) is 0 Å². The highest BCUT2D eigenvalue weighted by atomic mass is 16.4. The monoisotopic (exact) mass is 212 g/mol. The number of allylic oxidation sites excluding steroid dienone is 2. The molecule has 0 amide bonds. The molecule has 0 fully saturated rings. The molecule has 2 N–H and O–H groups in total. The first-order chi connectivity index (χ1) is 6.92. The first-order valence-corrected chi connectivity index (χ1v) is 4.15. The molecule has 0 unspecified atom stereocenters. The second kappa shape index (κ2) is 5.09. The van der Waals surface area contributed by atoms with Crippen molar-refractivity contribution in [3.63, 3.8) is 0 Å². The lowest BCUT2D eigenvalue weighted by Crippen LogP contribution is -2.42. The molecule has 0 spiro atoms. The lowest BCUT2D eigenvalue weighted by molar-refractivity contribution is -0.163. The Morgan fingerprint density at radius 2 is 1.47 bits per heavy atom. The van der Waals surface area contributed by atoms with Crippen LogP contribution in [0.15, 0.2) is 25.3 Å². The number of hydrogen-bond donors (Lipinski definition) is 2. The Balaban J connectivity index is 5.37. The number of carboxylic acids is 2. The van der Waals surface area contributed by atoms with Crippen molar-refractivity contribution in [2.24, 2.45) is 5.41 Å². The van der Waals surface area contributed by atoms with Crippen molar-refractivity contribution in [1.82, 2.24) is 0 Å². The normalized spacial score (nSPS) is 10.4. The zero-order valence-electron chi connectivity index (χ0n) is 8.10. The van der Waals surface area contributed by atoms with Crippen LogP contribution in [0, 0.1) is 5.41 Å². The molecule has 0 aromatic heterocycles. The number of aliphatic carboxylic acids is 2. The van der Waals surface area contributed by atoms with E-state index in [1.807, 2.05) is 0 Å². The van der Waals surface area contributed by atoms with Gasteiger partial charge in [0.1, 0.15) is 5.41 Å². The van der Waals surface area contributed by atoms with Crippen molar-refractivity contribution in [3.8, 4) is 0 Å². The molecule has 0 rings (SSSR count). The Morgan fingerprint density at radius 1 is 1.07 bits per heavy atom. The third-order valence-electron chi connectivity index (χ3n) is 2.02. The zero-order valence-corrected chi connectivity index (χ0v) is 8.10. The van der Waals surface area contributed by atoms with Crippen LogP contribution < -0.4 is 0 Å². The molecule has 0 aromatic rings. The van der Waals surface area contributed by atoms with Crippen LogP contribution in [-0.2, 0) is 14.4 Å². The van der Waals surface area contributed by atoms with E-state index in [9.17, 15) is 14.4 Å². The van der Waals surface area contributed by atoms with Crippen LogP contribution in [0.1, 0.15) is 12.8 Å². The SMILES string of the molecule is C=CCC(CC=C)(C(=O)O)C(=O)C(=O)O. The number of carbonyl (C=O) groups excluding carboxylic acids is 1. The van der Waals surface area contributed by atoms with Gasteiger partial charge in [-0.25, -0.2) is 4.79 Å². The lowest BCUT2D eigenvalue weighted by Gasteiger charge is -2.22. The molecule has 0 heterocycles. The smallest absolute Gasteiger partial charge is 0.373 e. The first kappa shape index (κ1) is 13.1. The molecule has 15 heavy (non-hydrogen) atoms. The van der Waals surface area contributed by atoms with Gasteiger partial charge in [-0.3, -0.25) is 9.59 Å². The van der Waals surface area contributed by atoms with Crippen LogP contribution in [-0.4, -0.2) is 27.9 Å². The van der Waals surface area contributed by atoms with Gasteiger partial charge >= 0.3 is 11.9 Å². The molecule has 0 aliphatic rings. The maximum absolute atomic E-state index is 11.3. The summed E-state index contributed by atoms with van der Waals surface area (Å²) in [5.74, 6) is -4.59. The van der Waals surface area contributed by atoms with Crippen LogP contribution in [0.5, 0.6) is 0 Å². The molecule has 0 aliphatic carbocycles. The predicted octanol–water partition coefficient (Wildman–Crippen LogP) is 0.863. The van der Waals surface area contributed by atoms with Gasteiger partial charge in [0.05, 0.1) is 0 Å². The van der Waals surface area contributed by atoms with Crippen LogP contribution in [0.3, 0.4) is 0 Å². The fourth-order valence-corrected chi connectivity index (χ4v) is 1.24. The Labute approximate surface area is 86.7 Å². The van der Waals surface area contributed by atoms with Crippen molar-refractivity contribution in [2.45, 2.75) is 12.8 Å². The predicted molar refractivity (Wildman–Crippen MR) is 52.3 cm³/mol. The molecule has 0 saturated heterocycles. The second-order valence-electron chi connectivity index (χ2n) is 3.01. The van der Waals surface area contributed by atoms with Crippen LogP contribution in [0.4, 0.5) is 0 Å². The molecule has 0 aromatic carbocycles. The standard InChI is InChI=1S/C10H12O5/c1-3-5-10(6-4-2,9(14)15)7(11)8(12)13/h3-4H,1-2,5-6H2,(H,12,13)(H,14,15). The number of Topliss-reactive ketones (excluding diaryl/α,β-unsaturated/α-hetero) is 1. The summed E-state index contributed by atoms with van der Waals surface area (Å²) in [6.45, 7) is 6.62. The zero-order chi connectivity index (χ0) is 12.1. The van der Waals surface area contributed by atoms with E-state index in [0.717, 1.165) is 0 Å². The average Bonchev–Trinajstić information content (AvgIpc) is 2.15. The van der Waals surface area contributed by atoms with E-state index in [0.29, 0.717) is 0 Å². The lowest BCUT2D eigenvalue weighted by atomic mass is 9.77. The Hall–Kier alpha value is -1.91. The van der Waals surface area contributed by atoms with E-state index in [1.165, 1.54) is 12.2 Å². The highest BCUT2D eigenvalue weighted by molar-refractivity contribution is 6.39. The molecule has 5 heteroatoms. The minimum absolute atomic E-state index is 0.237. The fourth-order valence-electron chi connectivity index (χ4n) is 1.24. The van der Waals surface area contributed by atoms with Crippen molar-refractivity contribution in [1.29, 1.82) is 0 Å². The van der Waals surface area contributed by atoms with E-state index in [-0.39, 0.29) is 12.8 Å². The molecule has 82 valence electrons. The molecular formula is C10H12O5. The summed E-state index contributed by atoms with van der Waals surface area (Å²) in [5, 5.41) is 17.5. The van der Waals surface area contributed by atoms with Crippen molar-refractivity contribution < 1.29 is 24.6 Å². The molecule has 5 nitrogen and oxygen atoms in total. The average molecular weight is 212 g/mol. The molecule has 0 radical (unpaired) electrons. The van der Waals surface area contributed by atoms with Gasteiger partial charge < -0.3 is 10.2 Å². The third kappa shape index (κ3) is 2.52. The van der Waals surface area contributed by atoms with E-state index in [4.69, 9.17) is 10.2 Å². The Morgan fingerprint density at radius 3 is 1.67 bits per heavy atom. The maximum Gasteiger partial charge on any atom is 0.373 e. The summed E-state index contributed by atoms with van der Waals surface area (Å²) in [5.41, 5.74) is -1.98. The number of rotatable bonds is 7. The maximum atomic E-state index is 11.3. The number of ketones is 1. The van der Waals surface area contributed by atoms with E-state index in [1.54, 1.807) is 0 Å². The van der Waals surface area contributed by atoms with Crippen LogP contribution >= 0.6 is 0 Å². The summed E-state index contributed by atoms with van der Waals surface area (Å²) < 4.78 is 0. The van der Waals surface area contributed by atoms with Gasteiger partial charge in [0.2, 0.25) is 0 Å². The highest BCUT2D eigenvalue weighted by Crippen LogP contribution is 2.29. The van der Waals surface area contributed by atoms with E-state index in [2.05, 4.69) is 13.2 Å². The van der Waals surface area contributed by atoms with Crippen molar-refractivity contribution in [2.75, 3.05) is 0 Å². The van der Waals surface area contributed by atoms with Crippen LogP contribution in [0.25, 0.3) is 0 Å². The largest absolute Gasteiger partial charge is 0.480 e. The molecule has 0 aliphatic heterocycles. The van der Waals surface area contributed by atoms with Gasteiger partial charge in [-0.05, 0) is 12.8 Å². The third-order valence-corrected chi connectivity index (χ3v) is 2.02. The summed E-state index contributed by atoms with van der Waals surface area (Å²) in [7, 11) is 0. The van der Waals surface area contributed by atoms with E-state index >= 15 is 0 Å². The topological polar surface area (TPSA) is 91.7 Å². The van der Waals surface area contributed by atoms with Gasteiger partial charge in [-0.1, -0.05) is 12.2 Å². The molecule has 0 saturated carbocycles. The molecule has 0 atom stereocenters. The van der Waals surface area contributed by atoms with E-state index < -0.39 is 23.1 Å². The minimum atomic E-state index is -1.98. The first-order valence-electron chi connectivity index (χ1n) is 4.15. The van der Waals surface area contributed by atoms with Crippen molar-refractivity contribution >= 4 is 17.7 Å². The molecular weight excluding hydrogens is 200 g/mol. The summed E-state index contributed by atoms with van der Waals surface area (Å²) >= 11 is 0.